The van der Waals surface area contributed by atoms with Crippen molar-refractivity contribution in [3.05, 3.63) is 59.7 Å². The Morgan fingerprint density at radius 2 is 2.05 bits per heavy atom. The molecule has 2 amide bonds. The molecule has 1 unspecified atom stereocenters. The summed E-state index contributed by atoms with van der Waals surface area (Å²) in [6.45, 7) is 3.48. The summed E-state index contributed by atoms with van der Waals surface area (Å²) in [5.41, 5.74) is 8.66. The number of rotatable bonds is 12. The first kappa shape index (κ1) is 28.9. The molecular formula is C29H36N8O3S. The number of hydrogen-bond donors (Lipinski definition) is 2. The standard InChI is InChI=1S/C29H36N8O3S/c1-3-4-14-32-29(40-2)35(15-13-30)36-19-25(38)37-22(16-20-9-6-5-7-10-20)27(39)34(18-24(36)37)17-21-11-8-12-23-26(21)33-28(31)41-23/h5-12,22,24,29,32H,3-4,14-19H2,1-2H3,(H2,31,33)/t22-,24+,29?/m0/s1. The van der Waals surface area contributed by atoms with E-state index in [0.717, 1.165) is 34.2 Å². The maximum absolute atomic E-state index is 14.1. The van der Waals surface area contributed by atoms with Gasteiger partial charge in [-0.2, -0.15) is 10.3 Å². The topological polar surface area (TPSA) is 131 Å². The monoisotopic (exact) mass is 576 g/mol. The summed E-state index contributed by atoms with van der Waals surface area (Å²) in [5, 5.41) is 17.2. The Labute approximate surface area is 244 Å². The number of nitriles is 1. The van der Waals surface area contributed by atoms with Crippen molar-refractivity contribution in [2.75, 3.05) is 39.0 Å². The van der Waals surface area contributed by atoms with Gasteiger partial charge in [0.25, 0.3) is 0 Å². The molecule has 2 aromatic carbocycles. The van der Waals surface area contributed by atoms with Crippen molar-refractivity contribution < 1.29 is 14.3 Å². The highest BCUT2D eigenvalue weighted by Crippen LogP contribution is 2.32. The molecule has 2 saturated heterocycles. The van der Waals surface area contributed by atoms with Crippen molar-refractivity contribution in [3.8, 4) is 6.07 Å². The highest BCUT2D eigenvalue weighted by Gasteiger charge is 2.52. The third-order valence-corrected chi connectivity index (χ3v) is 8.47. The average Bonchev–Trinajstić information content (AvgIpc) is 3.52. The Kier molecular flexibility index (Phi) is 9.12. The minimum Gasteiger partial charge on any atom is -0.375 e. The van der Waals surface area contributed by atoms with Gasteiger partial charge >= 0.3 is 0 Å². The summed E-state index contributed by atoms with van der Waals surface area (Å²) < 4.78 is 6.71. The number of thiazole rings is 1. The molecule has 0 radical (unpaired) electrons. The molecule has 11 nitrogen and oxygen atoms in total. The summed E-state index contributed by atoms with van der Waals surface area (Å²) in [6, 6.07) is 17.2. The zero-order valence-corrected chi connectivity index (χ0v) is 24.2. The number of nitrogens with one attached hydrogen (secondary N) is 1. The predicted octanol–water partition coefficient (Wildman–Crippen LogP) is 2.36. The number of anilines is 1. The fourth-order valence-corrected chi connectivity index (χ4v) is 6.48. The van der Waals surface area contributed by atoms with E-state index in [2.05, 4.69) is 23.3 Å². The van der Waals surface area contributed by atoms with Gasteiger partial charge in [0.2, 0.25) is 11.8 Å². The van der Waals surface area contributed by atoms with Crippen molar-refractivity contribution in [3.63, 3.8) is 0 Å². The third kappa shape index (κ3) is 6.05. The molecule has 12 heteroatoms. The Balaban J connectivity index is 1.49. The second kappa shape index (κ2) is 12.9. The van der Waals surface area contributed by atoms with E-state index in [1.54, 1.807) is 17.0 Å². The highest BCUT2D eigenvalue weighted by atomic mass is 32.1. The van der Waals surface area contributed by atoms with Gasteiger partial charge in [-0.15, -0.1) is 0 Å². The molecule has 2 fully saturated rings. The first-order valence-corrected chi connectivity index (χ1v) is 14.7. The fraction of sp³-hybridized carbons (Fsp3) is 0.448. The van der Waals surface area contributed by atoms with Gasteiger partial charge in [0.05, 0.1) is 29.4 Å². The molecule has 2 aliphatic heterocycles. The van der Waals surface area contributed by atoms with Crippen LogP contribution in [0.4, 0.5) is 5.13 Å². The van der Waals surface area contributed by atoms with Crippen LogP contribution in [-0.2, 0) is 27.3 Å². The van der Waals surface area contributed by atoms with Gasteiger partial charge < -0.3 is 20.3 Å². The number of nitrogen functional groups attached to an aromatic ring is 1. The molecule has 0 bridgehead atoms. The smallest absolute Gasteiger partial charge is 0.246 e. The number of carbonyl (C=O) groups is 2. The summed E-state index contributed by atoms with van der Waals surface area (Å²) >= 11 is 1.41. The van der Waals surface area contributed by atoms with Crippen molar-refractivity contribution in [2.45, 2.75) is 51.3 Å². The van der Waals surface area contributed by atoms with Crippen LogP contribution in [0.25, 0.3) is 10.2 Å². The number of nitrogens with zero attached hydrogens (tertiary/aromatic N) is 6. The largest absolute Gasteiger partial charge is 0.375 e. The van der Waals surface area contributed by atoms with E-state index < -0.39 is 18.6 Å². The average molecular weight is 577 g/mol. The molecule has 1 aromatic heterocycles. The minimum atomic E-state index is -0.689. The zero-order valence-electron chi connectivity index (χ0n) is 23.4. The Hall–Kier alpha value is -3.60. The second-order valence-corrected chi connectivity index (χ2v) is 11.3. The number of nitrogens with two attached hydrogens (primary N) is 1. The zero-order chi connectivity index (χ0) is 28.9. The number of carbonyl (C=O) groups excluding carboxylic acids is 2. The summed E-state index contributed by atoms with van der Waals surface area (Å²) in [6.07, 6.45) is 1.28. The number of unbranched alkanes of at least 4 members (excludes halogenated alkanes) is 1. The van der Waals surface area contributed by atoms with E-state index >= 15 is 0 Å². The Morgan fingerprint density at radius 3 is 2.78 bits per heavy atom. The molecule has 3 atom stereocenters. The molecule has 0 aliphatic carbocycles. The van der Waals surface area contributed by atoms with Crippen molar-refractivity contribution in [2.24, 2.45) is 0 Å². The van der Waals surface area contributed by atoms with Crippen LogP contribution in [0.2, 0.25) is 0 Å². The number of aromatic nitrogens is 1. The van der Waals surface area contributed by atoms with Gasteiger partial charge in [-0.25, -0.2) is 9.99 Å². The fourth-order valence-electron chi connectivity index (χ4n) is 5.69. The molecule has 0 saturated carbocycles. The Bertz CT molecular complexity index is 1410. The van der Waals surface area contributed by atoms with Gasteiger partial charge in [-0.3, -0.25) is 14.9 Å². The maximum atomic E-state index is 14.1. The first-order chi connectivity index (χ1) is 19.9. The lowest BCUT2D eigenvalue weighted by atomic mass is 10.00. The second-order valence-electron chi connectivity index (χ2n) is 10.3. The molecule has 216 valence electrons. The van der Waals surface area contributed by atoms with Gasteiger partial charge in [-0.1, -0.05) is 67.1 Å². The van der Waals surface area contributed by atoms with Gasteiger partial charge in [0.1, 0.15) is 18.8 Å². The number of ether oxygens (including phenoxy) is 1. The van der Waals surface area contributed by atoms with E-state index in [0.29, 0.717) is 24.6 Å². The highest BCUT2D eigenvalue weighted by molar-refractivity contribution is 7.22. The molecule has 0 spiro atoms. The predicted molar refractivity (Wildman–Crippen MR) is 157 cm³/mol. The molecule has 3 heterocycles. The molecular weight excluding hydrogens is 540 g/mol. The van der Waals surface area contributed by atoms with Crippen LogP contribution < -0.4 is 11.1 Å². The summed E-state index contributed by atoms with van der Waals surface area (Å²) in [5.74, 6) is -0.263. The lowest BCUT2D eigenvalue weighted by Crippen LogP contribution is -2.66. The van der Waals surface area contributed by atoms with Crippen molar-refractivity contribution >= 4 is 38.5 Å². The molecule has 3 N–H and O–H groups in total. The van der Waals surface area contributed by atoms with E-state index in [-0.39, 0.29) is 31.4 Å². The number of fused-ring (bicyclic) bond motifs is 2. The number of para-hydroxylation sites is 1. The molecule has 3 aromatic rings. The number of piperazine rings is 1. The van der Waals surface area contributed by atoms with E-state index in [1.165, 1.54) is 11.3 Å². The lowest BCUT2D eigenvalue weighted by Gasteiger charge is -2.47. The van der Waals surface area contributed by atoms with Gasteiger partial charge in [0.15, 0.2) is 11.5 Å². The lowest BCUT2D eigenvalue weighted by molar-refractivity contribution is -0.191. The molecule has 5 rings (SSSR count). The van der Waals surface area contributed by atoms with E-state index in [1.807, 2.05) is 58.4 Å². The Morgan fingerprint density at radius 1 is 1.24 bits per heavy atom. The van der Waals surface area contributed by atoms with Crippen LogP contribution in [-0.4, -0.2) is 88.5 Å². The first-order valence-electron chi connectivity index (χ1n) is 13.9. The van der Waals surface area contributed by atoms with Crippen LogP contribution in [0.5, 0.6) is 0 Å². The molecule has 41 heavy (non-hydrogen) atoms. The van der Waals surface area contributed by atoms with E-state index in [9.17, 15) is 14.9 Å². The normalized spacial score (nSPS) is 20.1. The number of methoxy groups -OCH3 is 1. The maximum Gasteiger partial charge on any atom is 0.246 e. The van der Waals surface area contributed by atoms with Gasteiger partial charge in [-0.05, 0) is 30.2 Å². The quantitative estimate of drug-likeness (QED) is 0.190. The number of hydrogen-bond acceptors (Lipinski definition) is 10. The SMILES string of the molecule is CCCCNC(OC)N(CC#N)N1CC(=O)N2[C@@H](Cc3ccccc3)C(=O)N(Cc3cccc4sc(N)nc34)C[C@@H]21. The van der Waals surface area contributed by atoms with Gasteiger partial charge in [0, 0.05) is 20.1 Å². The van der Waals surface area contributed by atoms with Crippen LogP contribution in [0, 0.1) is 11.3 Å². The molecule has 2 aliphatic rings. The summed E-state index contributed by atoms with van der Waals surface area (Å²) in [7, 11) is 1.58. The van der Waals surface area contributed by atoms with E-state index in [4.69, 9.17) is 10.5 Å². The van der Waals surface area contributed by atoms with Crippen molar-refractivity contribution in [1.29, 1.82) is 5.26 Å². The van der Waals surface area contributed by atoms with Crippen LogP contribution in [0.3, 0.4) is 0 Å². The minimum absolute atomic E-state index is 0.0178. The van der Waals surface area contributed by atoms with Crippen LogP contribution in [0.1, 0.15) is 30.9 Å². The van der Waals surface area contributed by atoms with Crippen LogP contribution in [0.15, 0.2) is 48.5 Å². The summed E-state index contributed by atoms with van der Waals surface area (Å²) in [4.78, 5) is 35.7. The third-order valence-electron chi connectivity index (χ3n) is 7.62. The van der Waals surface area contributed by atoms with Crippen LogP contribution >= 0.6 is 11.3 Å². The number of hydrazine groups is 1. The number of amides is 2. The number of benzene rings is 2. The van der Waals surface area contributed by atoms with Crippen molar-refractivity contribution in [1.82, 2.24) is 30.1 Å².